The van der Waals surface area contributed by atoms with Crippen LogP contribution in [0, 0.1) is 17.8 Å². The number of esters is 1. The fourth-order valence-electron chi connectivity index (χ4n) is 4.72. The molecule has 0 N–H and O–H groups in total. The van der Waals surface area contributed by atoms with E-state index in [1.54, 1.807) is 6.07 Å². The van der Waals surface area contributed by atoms with Gasteiger partial charge in [0.2, 0.25) is 0 Å². The standard InChI is InChI=1S/C25H28Cl2N2O2/c1-15(2)20-9-8-16(3)10-23(20)31-24(30)14-29-22-7-5-4-6-21(22)28-25(29)17-11-18(26)13-19(27)12-17/h4-7,11-13,15-16,20,23H,8-10,14H2,1-3H3/t16-,20?,23-/m1/s1. The summed E-state index contributed by atoms with van der Waals surface area (Å²) in [5.74, 6) is 1.89. The van der Waals surface area contributed by atoms with Gasteiger partial charge in [-0.1, -0.05) is 62.5 Å². The van der Waals surface area contributed by atoms with E-state index in [2.05, 4.69) is 20.8 Å². The van der Waals surface area contributed by atoms with Gasteiger partial charge in [-0.25, -0.2) is 4.98 Å². The highest BCUT2D eigenvalue weighted by molar-refractivity contribution is 6.35. The maximum absolute atomic E-state index is 13.1. The van der Waals surface area contributed by atoms with Crippen LogP contribution in [0.4, 0.5) is 0 Å². The molecule has 1 fully saturated rings. The van der Waals surface area contributed by atoms with E-state index in [-0.39, 0.29) is 18.6 Å². The lowest BCUT2D eigenvalue weighted by atomic mass is 9.75. The number of fused-ring (bicyclic) bond motifs is 1. The molecule has 1 unspecified atom stereocenters. The third kappa shape index (κ3) is 4.91. The highest BCUT2D eigenvalue weighted by Gasteiger charge is 2.33. The molecule has 1 aliphatic rings. The minimum absolute atomic E-state index is 0.0323. The van der Waals surface area contributed by atoms with Gasteiger partial charge in [0.05, 0.1) is 11.0 Å². The van der Waals surface area contributed by atoms with Gasteiger partial charge in [0.25, 0.3) is 0 Å². The number of benzene rings is 2. The molecular weight excluding hydrogens is 431 g/mol. The summed E-state index contributed by atoms with van der Waals surface area (Å²) in [6.45, 7) is 6.76. The minimum Gasteiger partial charge on any atom is -0.461 e. The van der Waals surface area contributed by atoms with Gasteiger partial charge < -0.3 is 9.30 Å². The maximum Gasteiger partial charge on any atom is 0.326 e. The van der Waals surface area contributed by atoms with E-state index in [1.807, 2.05) is 41.0 Å². The second kappa shape index (κ2) is 9.22. The summed E-state index contributed by atoms with van der Waals surface area (Å²) >= 11 is 12.5. The van der Waals surface area contributed by atoms with Crippen molar-refractivity contribution in [2.45, 2.75) is 52.7 Å². The highest BCUT2D eigenvalue weighted by Crippen LogP contribution is 2.36. The summed E-state index contributed by atoms with van der Waals surface area (Å²) in [5, 5.41) is 1.05. The lowest BCUT2D eigenvalue weighted by Gasteiger charge is -2.36. The lowest BCUT2D eigenvalue weighted by Crippen LogP contribution is -2.36. The molecule has 2 aromatic carbocycles. The molecule has 0 amide bonds. The molecule has 0 spiro atoms. The third-order valence-corrected chi connectivity index (χ3v) is 6.74. The zero-order chi connectivity index (χ0) is 22.1. The van der Waals surface area contributed by atoms with Crippen LogP contribution in [0.15, 0.2) is 42.5 Å². The topological polar surface area (TPSA) is 44.1 Å². The fraction of sp³-hybridized carbons (Fsp3) is 0.440. The molecule has 4 nitrogen and oxygen atoms in total. The summed E-state index contributed by atoms with van der Waals surface area (Å²) in [7, 11) is 0. The number of ether oxygens (including phenoxy) is 1. The smallest absolute Gasteiger partial charge is 0.326 e. The maximum atomic E-state index is 13.1. The van der Waals surface area contributed by atoms with Crippen LogP contribution in [0.3, 0.4) is 0 Å². The predicted octanol–water partition coefficient (Wildman–Crippen LogP) is 7.01. The summed E-state index contributed by atoms with van der Waals surface area (Å²) < 4.78 is 7.96. The molecule has 0 bridgehead atoms. The Kier molecular flexibility index (Phi) is 6.59. The van der Waals surface area contributed by atoms with Crippen LogP contribution in [0.2, 0.25) is 10.0 Å². The second-order valence-corrected chi connectivity index (χ2v) is 9.90. The van der Waals surface area contributed by atoms with E-state index in [9.17, 15) is 4.79 Å². The molecule has 1 saturated carbocycles. The van der Waals surface area contributed by atoms with Crippen molar-refractivity contribution in [2.24, 2.45) is 17.8 Å². The molecule has 1 aliphatic carbocycles. The molecule has 6 heteroatoms. The van der Waals surface area contributed by atoms with Gasteiger partial charge in [-0.3, -0.25) is 4.79 Å². The van der Waals surface area contributed by atoms with Crippen molar-refractivity contribution in [3.63, 3.8) is 0 Å². The number of halogens is 2. The Morgan fingerprint density at radius 1 is 1.16 bits per heavy atom. The first kappa shape index (κ1) is 22.2. The number of nitrogens with zero attached hydrogens (tertiary/aromatic N) is 2. The average Bonchev–Trinajstić information content (AvgIpc) is 3.05. The number of hydrogen-bond acceptors (Lipinski definition) is 3. The van der Waals surface area contributed by atoms with Crippen molar-refractivity contribution < 1.29 is 9.53 Å². The predicted molar refractivity (Wildman–Crippen MR) is 126 cm³/mol. The summed E-state index contributed by atoms with van der Waals surface area (Å²) in [5.41, 5.74) is 2.46. The Balaban J connectivity index is 1.65. The van der Waals surface area contributed by atoms with E-state index >= 15 is 0 Å². The molecule has 1 heterocycles. The Morgan fingerprint density at radius 2 is 1.87 bits per heavy atom. The average molecular weight is 459 g/mol. The molecule has 0 saturated heterocycles. The number of carbonyl (C=O) groups excluding carboxylic acids is 1. The SMILES string of the molecule is CC(C)C1CC[C@@H](C)C[C@H]1OC(=O)Cn1c(-c2cc(Cl)cc(Cl)c2)nc2ccccc21. The number of rotatable bonds is 5. The van der Waals surface area contributed by atoms with E-state index in [0.717, 1.165) is 29.4 Å². The first-order chi connectivity index (χ1) is 14.8. The van der Waals surface area contributed by atoms with Gasteiger partial charge in [0, 0.05) is 15.6 Å². The number of aromatic nitrogens is 2. The Morgan fingerprint density at radius 3 is 2.58 bits per heavy atom. The highest BCUT2D eigenvalue weighted by atomic mass is 35.5. The third-order valence-electron chi connectivity index (χ3n) is 6.31. The van der Waals surface area contributed by atoms with Gasteiger partial charge in [0.1, 0.15) is 18.5 Å². The first-order valence-electron chi connectivity index (χ1n) is 10.9. The molecular formula is C25H28Cl2N2O2. The molecule has 0 radical (unpaired) electrons. The number of hydrogen-bond donors (Lipinski definition) is 0. The van der Waals surface area contributed by atoms with E-state index < -0.39 is 0 Å². The summed E-state index contributed by atoms with van der Waals surface area (Å²) in [6, 6.07) is 13.1. The van der Waals surface area contributed by atoms with Crippen molar-refractivity contribution in [3.05, 3.63) is 52.5 Å². The number of carbonyl (C=O) groups is 1. The molecule has 1 aromatic heterocycles. The van der Waals surface area contributed by atoms with Gasteiger partial charge in [0.15, 0.2) is 0 Å². The van der Waals surface area contributed by atoms with Crippen molar-refractivity contribution in [1.29, 1.82) is 0 Å². The van der Waals surface area contributed by atoms with Gasteiger partial charge in [-0.15, -0.1) is 0 Å². The minimum atomic E-state index is -0.234. The zero-order valence-corrected chi connectivity index (χ0v) is 19.7. The van der Waals surface area contributed by atoms with Crippen LogP contribution in [0.1, 0.15) is 40.0 Å². The van der Waals surface area contributed by atoms with Gasteiger partial charge >= 0.3 is 5.97 Å². The monoisotopic (exact) mass is 458 g/mol. The zero-order valence-electron chi connectivity index (χ0n) is 18.1. The quantitative estimate of drug-likeness (QED) is 0.386. The molecule has 4 rings (SSSR count). The number of para-hydroxylation sites is 2. The van der Waals surface area contributed by atoms with Crippen LogP contribution >= 0.6 is 23.2 Å². The second-order valence-electron chi connectivity index (χ2n) is 9.02. The van der Waals surface area contributed by atoms with Crippen molar-refractivity contribution in [3.8, 4) is 11.4 Å². The van der Waals surface area contributed by atoms with Crippen LogP contribution < -0.4 is 0 Å². The largest absolute Gasteiger partial charge is 0.461 e. The van der Waals surface area contributed by atoms with Gasteiger partial charge in [-0.2, -0.15) is 0 Å². The van der Waals surface area contributed by atoms with Crippen LogP contribution in [-0.2, 0) is 16.1 Å². The fourth-order valence-corrected chi connectivity index (χ4v) is 5.25. The van der Waals surface area contributed by atoms with Crippen LogP contribution in [0.25, 0.3) is 22.4 Å². The Hall–Kier alpha value is -2.04. The first-order valence-corrected chi connectivity index (χ1v) is 11.7. The summed E-state index contributed by atoms with van der Waals surface area (Å²) in [4.78, 5) is 17.8. The number of imidazole rings is 1. The molecule has 3 aromatic rings. The molecule has 3 atom stereocenters. The normalized spacial score (nSPS) is 21.5. The van der Waals surface area contributed by atoms with Crippen molar-refractivity contribution in [2.75, 3.05) is 0 Å². The molecule has 31 heavy (non-hydrogen) atoms. The Bertz CT molecular complexity index is 1070. The van der Waals surface area contributed by atoms with E-state index in [0.29, 0.717) is 33.6 Å². The van der Waals surface area contributed by atoms with Crippen molar-refractivity contribution in [1.82, 2.24) is 9.55 Å². The summed E-state index contributed by atoms with van der Waals surface area (Å²) in [6.07, 6.45) is 3.20. The van der Waals surface area contributed by atoms with Crippen molar-refractivity contribution >= 4 is 40.2 Å². The van der Waals surface area contributed by atoms with Crippen LogP contribution in [-0.4, -0.2) is 21.6 Å². The molecule has 164 valence electrons. The van der Waals surface area contributed by atoms with E-state index in [4.69, 9.17) is 32.9 Å². The van der Waals surface area contributed by atoms with E-state index in [1.165, 1.54) is 6.42 Å². The Labute approximate surface area is 193 Å². The molecule has 0 aliphatic heterocycles. The van der Waals surface area contributed by atoms with Gasteiger partial charge in [-0.05, 0) is 60.9 Å². The van der Waals surface area contributed by atoms with Crippen LogP contribution in [0.5, 0.6) is 0 Å². The lowest BCUT2D eigenvalue weighted by molar-refractivity contribution is -0.156.